The largest absolute Gasteiger partial charge is 0.444 e. The number of hydrogen-bond donors (Lipinski definition) is 2. The summed E-state index contributed by atoms with van der Waals surface area (Å²) >= 11 is 0. The van der Waals surface area contributed by atoms with E-state index in [4.69, 9.17) is 19.8 Å². The summed E-state index contributed by atoms with van der Waals surface area (Å²) in [6, 6.07) is 8.11. The number of nitrogens with one attached hydrogen (secondary N) is 2. The Bertz CT molecular complexity index is 863. The van der Waals surface area contributed by atoms with E-state index in [1.54, 1.807) is 51.1 Å². The fraction of sp³-hybridized carbons (Fsp3) is 0.267. The maximum atomic E-state index is 11.8. The van der Waals surface area contributed by atoms with Crippen molar-refractivity contribution in [3.8, 4) is 12.1 Å². The van der Waals surface area contributed by atoms with Gasteiger partial charge in [0.05, 0.1) is 11.1 Å². The molecule has 1 amide bonds. The molecule has 0 aliphatic carbocycles. The molecule has 2 aromatic rings. The highest BCUT2D eigenvalue weighted by molar-refractivity contribution is 6.10. The van der Waals surface area contributed by atoms with Crippen LogP contribution >= 0.6 is 0 Å². The second kappa shape index (κ2) is 6.67. The van der Waals surface area contributed by atoms with Crippen molar-refractivity contribution < 1.29 is 14.1 Å². The Kier molecular flexibility index (Phi) is 4.66. The van der Waals surface area contributed by atoms with E-state index >= 15 is 0 Å². The second-order valence-corrected chi connectivity index (χ2v) is 5.66. The third-order valence-electron chi connectivity index (χ3n) is 2.60. The number of rotatable bonds is 3. The summed E-state index contributed by atoms with van der Waals surface area (Å²) in [5.41, 5.74) is 2.55. The van der Waals surface area contributed by atoms with Gasteiger partial charge in [0, 0.05) is 0 Å². The van der Waals surface area contributed by atoms with Crippen molar-refractivity contribution in [3.05, 3.63) is 18.2 Å². The topological polar surface area (TPSA) is 136 Å². The molecule has 0 bridgehead atoms. The van der Waals surface area contributed by atoms with Crippen molar-refractivity contribution in [2.75, 3.05) is 10.7 Å². The lowest BCUT2D eigenvalue weighted by atomic mass is 10.2. The van der Waals surface area contributed by atoms with Gasteiger partial charge in [0.1, 0.15) is 17.7 Å². The molecule has 0 radical (unpaired) electrons. The predicted octanol–water partition coefficient (Wildman–Crippen LogP) is 2.99. The van der Waals surface area contributed by atoms with Crippen molar-refractivity contribution in [3.63, 3.8) is 0 Å². The second-order valence-electron chi connectivity index (χ2n) is 5.66. The van der Waals surface area contributed by atoms with Crippen LogP contribution in [-0.4, -0.2) is 22.6 Å². The van der Waals surface area contributed by atoms with Crippen LogP contribution in [0.3, 0.4) is 0 Å². The molecular formula is C15H14N6O3. The molecule has 1 aromatic heterocycles. The van der Waals surface area contributed by atoms with Crippen molar-refractivity contribution in [2.45, 2.75) is 26.4 Å². The predicted molar refractivity (Wildman–Crippen MR) is 86.1 cm³/mol. The zero-order valence-electron chi connectivity index (χ0n) is 13.2. The van der Waals surface area contributed by atoms with Crippen LogP contribution < -0.4 is 10.7 Å². The highest BCUT2D eigenvalue weighted by Crippen LogP contribution is 2.26. The number of hydrogen-bond acceptors (Lipinski definition) is 8. The number of fused-ring (bicyclic) bond motifs is 1. The molecule has 0 saturated carbocycles. The quantitative estimate of drug-likeness (QED) is 0.653. The normalized spacial score (nSPS) is 10.4. The van der Waals surface area contributed by atoms with Crippen LogP contribution in [0.5, 0.6) is 0 Å². The van der Waals surface area contributed by atoms with Crippen LogP contribution in [0.2, 0.25) is 0 Å². The van der Waals surface area contributed by atoms with E-state index in [0.717, 1.165) is 0 Å². The molecule has 0 unspecified atom stereocenters. The molecule has 0 fully saturated rings. The number of hydrazone groups is 1. The van der Waals surface area contributed by atoms with Gasteiger partial charge in [-0.1, -0.05) is 5.16 Å². The molecule has 0 atom stereocenters. The maximum absolute atomic E-state index is 11.8. The first-order valence-electron chi connectivity index (χ1n) is 6.86. The summed E-state index contributed by atoms with van der Waals surface area (Å²) in [6.07, 6.45) is -0.662. The molecule has 0 spiro atoms. The van der Waals surface area contributed by atoms with Crippen LogP contribution in [-0.2, 0) is 4.74 Å². The number of ether oxygens (including phenoxy) is 1. The van der Waals surface area contributed by atoms with E-state index in [2.05, 4.69) is 21.0 Å². The molecule has 9 nitrogen and oxygen atoms in total. The average molecular weight is 326 g/mol. The first-order chi connectivity index (χ1) is 11.3. The van der Waals surface area contributed by atoms with Crippen LogP contribution in [0.1, 0.15) is 20.8 Å². The fourth-order valence-electron chi connectivity index (χ4n) is 1.69. The minimum Gasteiger partial charge on any atom is -0.444 e. The van der Waals surface area contributed by atoms with Gasteiger partial charge >= 0.3 is 6.09 Å². The first-order valence-corrected chi connectivity index (χ1v) is 6.86. The number of anilines is 2. The molecule has 1 heterocycles. The molecule has 9 heteroatoms. The zero-order chi connectivity index (χ0) is 17.7. The van der Waals surface area contributed by atoms with E-state index in [9.17, 15) is 4.79 Å². The van der Waals surface area contributed by atoms with E-state index < -0.39 is 11.7 Å². The summed E-state index contributed by atoms with van der Waals surface area (Å²) in [4.78, 5) is 11.8. The Balaban J connectivity index is 2.23. The Morgan fingerprint density at radius 2 is 2.04 bits per heavy atom. The highest BCUT2D eigenvalue weighted by atomic mass is 16.6. The molecule has 0 aliphatic heterocycles. The van der Waals surface area contributed by atoms with Gasteiger partial charge in [-0.15, -0.1) is 0 Å². The SMILES string of the molecule is CC(C)(C)OC(=O)Nc1noc2ccc(NN=C(C#N)C#N)cc12. The van der Waals surface area contributed by atoms with Crippen molar-refractivity contribution in [1.82, 2.24) is 5.16 Å². The molecule has 2 N–H and O–H groups in total. The average Bonchev–Trinajstić information content (AvgIpc) is 2.89. The summed E-state index contributed by atoms with van der Waals surface area (Å²) in [5.74, 6) is 0.188. The maximum Gasteiger partial charge on any atom is 0.413 e. The Hall–Kier alpha value is -3.59. The van der Waals surface area contributed by atoms with Gasteiger partial charge in [-0.05, 0) is 39.0 Å². The lowest BCUT2D eigenvalue weighted by Crippen LogP contribution is -2.27. The van der Waals surface area contributed by atoms with Gasteiger partial charge < -0.3 is 9.26 Å². The Morgan fingerprint density at radius 3 is 2.67 bits per heavy atom. The molecule has 24 heavy (non-hydrogen) atoms. The Morgan fingerprint density at radius 1 is 1.33 bits per heavy atom. The number of carbonyl (C=O) groups is 1. The summed E-state index contributed by atoms with van der Waals surface area (Å²) in [7, 11) is 0. The summed E-state index contributed by atoms with van der Waals surface area (Å²) < 4.78 is 10.3. The van der Waals surface area contributed by atoms with Crippen LogP contribution in [0.4, 0.5) is 16.3 Å². The first kappa shape index (κ1) is 16.8. The van der Waals surface area contributed by atoms with Crippen LogP contribution in [0.25, 0.3) is 11.0 Å². The number of benzene rings is 1. The minimum atomic E-state index is -0.662. The lowest BCUT2D eigenvalue weighted by molar-refractivity contribution is 0.0635. The lowest BCUT2D eigenvalue weighted by Gasteiger charge is -2.19. The molecule has 0 saturated heterocycles. The summed E-state index contributed by atoms with van der Waals surface area (Å²) in [6.45, 7) is 5.24. The third-order valence-corrected chi connectivity index (χ3v) is 2.60. The van der Waals surface area contributed by atoms with E-state index in [1.807, 2.05) is 0 Å². The monoisotopic (exact) mass is 326 g/mol. The fourth-order valence-corrected chi connectivity index (χ4v) is 1.69. The molecular weight excluding hydrogens is 312 g/mol. The van der Waals surface area contributed by atoms with Crippen molar-refractivity contribution >= 4 is 34.3 Å². The number of aromatic nitrogens is 1. The van der Waals surface area contributed by atoms with Gasteiger partial charge in [-0.2, -0.15) is 15.6 Å². The number of amides is 1. The molecule has 1 aromatic carbocycles. The van der Waals surface area contributed by atoms with Crippen LogP contribution in [0.15, 0.2) is 27.8 Å². The zero-order valence-corrected chi connectivity index (χ0v) is 13.2. The van der Waals surface area contributed by atoms with E-state index in [1.165, 1.54) is 0 Å². The van der Waals surface area contributed by atoms with Crippen LogP contribution in [0, 0.1) is 22.7 Å². The number of nitrogens with zero attached hydrogens (tertiary/aromatic N) is 4. The van der Waals surface area contributed by atoms with Gasteiger partial charge in [-0.3, -0.25) is 10.7 Å². The van der Waals surface area contributed by atoms with Gasteiger partial charge in [0.15, 0.2) is 11.4 Å². The smallest absolute Gasteiger partial charge is 0.413 e. The molecule has 122 valence electrons. The van der Waals surface area contributed by atoms with Gasteiger partial charge in [-0.25, -0.2) is 4.79 Å². The molecule has 0 aliphatic rings. The molecule has 2 rings (SSSR count). The van der Waals surface area contributed by atoms with E-state index in [-0.39, 0.29) is 11.5 Å². The highest BCUT2D eigenvalue weighted by Gasteiger charge is 2.18. The standard InChI is InChI=1S/C15H14N6O3/c1-15(2,3)23-14(22)18-13-11-6-9(4-5-12(11)24-21-13)19-20-10(7-16)8-17/h4-6,19H,1-3H3,(H,18,21,22). The minimum absolute atomic E-state index is 0.188. The summed E-state index contributed by atoms with van der Waals surface area (Å²) in [5, 5.41) is 27.7. The number of carbonyl (C=O) groups excluding carboxylic acids is 1. The Labute approximate surface area is 137 Å². The van der Waals surface area contributed by atoms with E-state index in [0.29, 0.717) is 16.7 Å². The van der Waals surface area contributed by atoms with Crippen molar-refractivity contribution in [2.24, 2.45) is 5.10 Å². The third kappa shape index (κ3) is 4.21. The van der Waals surface area contributed by atoms with Crippen molar-refractivity contribution in [1.29, 1.82) is 10.5 Å². The van der Waals surface area contributed by atoms with Gasteiger partial charge in [0.25, 0.3) is 0 Å². The number of nitriles is 2. The van der Waals surface area contributed by atoms with Gasteiger partial charge in [0.2, 0.25) is 5.71 Å².